The average Bonchev–Trinajstić information content (AvgIpc) is 3.25. The van der Waals surface area contributed by atoms with Gasteiger partial charge in [-0.15, -0.1) is 0 Å². The van der Waals surface area contributed by atoms with Gasteiger partial charge < -0.3 is 9.88 Å². The van der Waals surface area contributed by atoms with Crippen molar-refractivity contribution < 1.29 is 4.79 Å². The van der Waals surface area contributed by atoms with Gasteiger partial charge in [-0.2, -0.15) is 0 Å². The molecule has 0 unspecified atom stereocenters. The number of nitrogens with zero attached hydrogens (tertiary/aromatic N) is 3. The first kappa shape index (κ1) is 23.8. The number of carbonyl (C=O) groups is 1. The molecule has 1 amide bonds. The lowest BCUT2D eigenvalue weighted by Crippen LogP contribution is -2.25. The summed E-state index contributed by atoms with van der Waals surface area (Å²) in [5, 5.41) is 3.98. The van der Waals surface area contributed by atoms with Gasteiger partial charge in [0, 0.05) is 24.1 Å². The summed E-state index contributed by atoms with van der Waals surface area (Å²) in [5.74, 6) is 0.796. The first-order valence-corrected chi connectivity index (χ1v) is 13.0. The number of fused-ring (bicyclic) bond motifs is 1. The van der Waals surface area contributed by atoms with E-state index in [4.69, 9.17) is 4.98 Å². The molecule has 5 aromatic rings. The van der Waals surface area contributed by atoms with Crippen LogP contribution >= 0.6 is 11.8 Å². The number of benzene rings is 3. The molecule has 0 fully saturated rings. The summed E-state index contributed by atoms with van der Waals surface area (Å²) in [7, 11) is 0. The van der Waals surface area contributed by atoms with E-state index in [-0.39, 0.29) is 5.91 Å². The summed E-state index contributed by atoms with van der Waals surface area (Å²) in [4.78, 5) is 21.8. The van der Waals surface area contributed by atoms with Crippen molar-refractivity contribution in [3.63, 3.8) is 0 Å². The van der Waals surface area contributed by atoms with Gasteiger partial charge in [0.1, 0.15) is 0 Å². The Hall–Kier alpha value is -3.90. The quantitative estimate of drug-likeness (QED) is 0.254. The fraction of sp³-hybridized carbons (Fsp3) is 0.167. The number of aryl methyl sites for hydroxylation is 1. The van der Waals surface area contributed by atoms with E-state index in [1.165, 1.54) is 16.7 Å². The topological polar surface area (TPSA) is 59.8 Å². The normalized spacial score (nSPS) is 11.0. The van der Waals surface area contributed by atoms with E-state index >= 15 is 0 Å². The second kappa shape index (κ2) is 11.2. The lowest BCUT2D eigenvalue weighted by molar-refractivity contribution is 0.0954. The van der Waals surface area contributed by atoms with Gasteiger partial charge in [-0.3, -0.25) is 9.78 Å². The standard InChI is InChI=1S/C30H28N4OS/c1-22-6-5-9-25(18-22)21-36-30-33-27-15-16-31-19-28(27)34(30)20-24-10-12-26(13-11-24)29(35)32-17-14-23-7-3-2-4-8-23/h2-13,15-16,18-19H,14,17,20-21H2,1H3,(H,32,35). The van der Waals surface area contributed by atoms with E-state index in [1.807, 2.05) is 54.7 Å². The molecule has 3 aromatic carbocycles. The second-order valence-electron chi connectivity index (χ2n) is 8.81. The first-order valence-electron chi connectivity index (χ1n) is 12.1. The molecule has 0 saturated heterocycles. The highest BCUT2D eigenvalue weighted by Crippen LogP contribution is 2.27. The van der Waals surface area contributed by atoms with E-state index in [2.05, 4.69) is 58.2 Å². The minimum absolute atomic E-state index is 0.0517. The van der Waals surface area contributed by atoms with E-state index in [0.29, 0.717) is 18.7 Å². The summed E-state index contributed by atoms with van der Waals surface area (Å²) in [5.41, 5.74) is 7.47. The molecule has 36 heavy (non-hydrogen) atoms. The highest BCUT2D eigenvalue weighted by atomic mass is 32.2. The van der Waals surface area contributed by atoms with Gasteiger partial charge in [0.15, 0.2) is 5.16 Å². The minimum Gasteiger partial charge on any atom is -0.352 e. The molecular weight excluding hydrogens is 464 g/mol. The van der Waals surface area contributed by atoms with E-state index < -0.39 is 0 Å². The number of aromatic nitrogens is 3. The van der Waals surface area contributed by atoms with Crippen molar-refractivity contribution in [2.24, 2.45) is 0 Å². The number of pyridine rings is 1. The summed E-state index contributed by atoms with van der Waals surface area (Å²) >= 11 is 1.73. The first-order chi connectivity index (χ1) is 17.7. The van der Waals surface area contributed by atoms with Crippen LogP contribution in [0.4, 0.5) is 0 Å². The Morgan fingerprint density at radius 1 is 0.917 bits per heavy atom. The predicted octanol–water partition coefficient (Wildman–Crippen LogP) is 6.05. The SMILES string of the molecule is Cc1cccc(CSc2nc3ccncc3n2Cc2ccc(C(=O)NCCc3ccccc3)cc2)c1. The molecule has 5 rings (SSSR count). The van der Waals surface area contributed by atoms with Gasteiger partial charge >= 0.3 is 0 Å². The van der Waals surface area contributed by atoms with Crippen molar-refractivity contribution in [3.8, 4) is 0 Å². The molecule has 0 spiro atoms. The zero-order chi connectivity index (χ0) is 24.7. The van der Waals surface area contributed by atoms with Crippen molar-refractivity contribution in [2.45, 2.75) is 30.8 Å². The molecule has 0 saturated carbocycles. The molecule has 5 nitrogen and oxygen atoms in total. The van der Waals surface area contributed by atoms with E-state index in [9.17, 15) is 4.79 Å². The van der Waals surface area contributed by atoms with Crippen LogP contribution in [0.25, 0.3) is 11.0 Å². The molecule has 0 radical (unpaired) electrons. The Balaban J connectivity index is 1.27. The third kappa shape index (κ3) is 5.83. The van der Waals surface area contributed by atoms with E-state index in [1.54, 1.807) is 18.0 Å². The maximum Gasteiger partial charge on any atom is 0.251 e. The third-order valence-electron chi connectivity index (χ3n) is 6.06. The van der Waals surface area contributed by atoms with Crippen molar-refractivity contribution in [1.82, 2.24) is 19.9 Å². The fourth-order valence-electron chi connectivity index (χ4n) is 4.17. The zero-order valence-corrected chi connectivity index (χ0v) is 21.0. The molecule has 180 valence electrons. The Morgan fingerprint density at radius 3 is 2.53 bits per heavy atom. The van der Waals surface area contributed by atoms with Crippen LogP contribution in [0.15, 0.2) is 102 Å². The van der Waals surface area contributed by atoms with Gasteiger partial charge in [-0.05, 0) is 48.2 Å². The molecule has 1 N–H and O–H groups in total. The Bertz CT molecular complexity index is 1460. The maximum absolute atomic E-state index is 12.6. The number of imidazole rings is 1. The minimum atomic E-state index is -0.0517. The van der Waals surface area contributed by atoms with Crippen LogP contribution in [0, 0.1) is 6.92 Å². The number of rotatable bonds is 9. The summed E-state index contributed by atoms with van der Waals surface area (Å²) in [6, 6.07) is 28.5. The van der Waals surface area contributed by atoms with Crippen LogP contribution < -0.4 is 5.32 Å². The third-order valence-corrected chi connectivity index (χ3v) is 7.11. The van der Waals surface area contributed by atoms with E-state index in [0.717, 1.165) is 33.9 Å². The highest BCUT2D eigenvalue weighted by Gasteiger charge is 2.13. The Labute approximate surface area is 215 Å². The smallest absolute Gasteiger partial charge is 0.251 e. The summed E-state index contributed by atoms with van der Waals surface area (Å²) in [6.45, 7) is 3.39. The monoisotopic (exact) mass is 492 g/mol. The number of carbonyl (C=O) groups excluding carboxylic acids is 1. The van der Waals surface area contributed by atoms with Gasteiger partial charge in [-0.25, -0.2) is 4.98 Å². The average molecular weight is 493 g/mol. The van der Waals surface area contributed by atoms with Crippen molar-refractivity contribution in [1.29, 1.82) is 0 Å². The molecule has 0 aliphatic carbocycles. The lowest BCUT2D eigenvalue weighted by Gasteiger charge is -2.10. The molecule has 0 bridgehead atoms. The van der Waals surface area contributed by atoms with Crippen LogP contribution in [0.5, 0.6) is 0 Å². The molecule has 0 aliphatic heterocycles. The maximum atomic E-state index is 12.6. The number of amides is 1. The molecule has 0 aliphatic rings. The van der Waals surface area contributed by atoms with Crippen LogP contribution in [0.2, 0.25) is 0 Å². The van der Waals surface area contributed by atoms with Crippen molar-refractivity contribution in [3.05, 3.63) is 125 Å². The van der Waals surface area contributed by atoms with Gasteiger partial charge in [0.25, 0.3) is 5.91 Å². The van der Waals surface area contributed by atoms with Crippen LogP contribution in [-0.4, -0.2) is 27.0 Å². The second-order valence-corrected chi connectivity index (χ2v) is 9.75. The summed E-state index contributed by atoms with van der Waals surface area (Å²) in [6.07, 6.45) is 4.46. The van der Waals surface area contributed by atoms with Crippen molar-refractivity contribution >= 4 is 28.7 Å². The number of hydrogen-bond acceptors (Lipinski definition) is 4. The van der Waals surface area contributed by atoms with Crippen LogP contribution in [0.1, 0.15) is 32.6 Å². The molecule has 2 aromatic heterocycles. The predicted molar refractivity (Wildman–Crippen MR) is 146 cm³/mol. The number of hydrogen-bond donors (Lipinski definition) is 1. The van der Waals surface area contributed by atoms with Crippen LogP contribution in [-0.2, 0) is 18.7 Å². The molecule has 2 heterocycles. The highest BCUT2D eigenvalue weighted by molar-refractivity contribution is 7.98. The van der Waals surface area contributed by atoms with Crippen molar-refractivity contribution in [2.75, 3.05) is 6.54 Å². The van der Waals surface area contributed by atoms with Gasteiger partial charge in [-0.1, -0.05) is 84.1 Å². The zero-order valence-electron chi connectivity index (χ0n) is 20.2. The van der Waals surface area contributed by atoms with Gasteiger partial charge in [0.05, 0.1) is 23.8 Å². The number of nitrogens with one attached hydrogen (secondary N) is 1. The number of thioether (sulfide) groups is 1. The lowest BCUT2D eigenvalue weighted by atomic mass is 10.1. The summed E-state index contributed by atoms with van der Waals surface area (Å²) < 4.78 is 2.21. The molecular formula is C30H28N4OS. The van der Waals surface area contributed by atoms with Gasteiger partial charge in [0.2, 0.25) is 0 Å². The molecule has 6 heteroatoms. The molecule has 0 atom stereocenters. The Morgan fingerprint density at radius 2 is 1.72 bits per heavy atom. The Kier molecular flexibility index (Phi) is 7.43. The fourth-order valence-corrected chi connectivity index (χ4v) is 5.13. The largest absolute Gasteiger partial charge is 0.352 e. The van der Waals surface area contributed by atoms with Crippen LogP contribution in [0.3, 0.4) is 0 Å².